The number of aromatic hydroxyl groups is 1. The predicted molar refractivity (Wildman–Crippen MR) is 133 cm³/mol. The Morgan fingerprint density at radius 3 is 2.19 bits per heavy atom. The number of esters is 1. The van der Waals surface area contributed by atoms with Crippen LogP contribution in [-0.2, 0) is 26.3 Å². The number of unbranched alkanes of at least 4 members (excludes halogenated alkanes) is 5. The molecular weight excluding hydrogens is 471 g/mol. The number of nitrogens with zero attached hydrogens (tertiary/aromatic N) is 1. The highest BCUT2D eigenvalue weighted by Gasteiger charge is 2.64. The molecule has 0 bridgehead atoms. The lowest BCUT2D eigenvalue weighted by Crippen LogP contribution is -2.52. The highest BCUT2D eigenvalue weighted by atomic mass is 19.4. The fourth-order valence-corrected chi connectivity index (χ4v) is 4.28. The van der Waals surface area contributed by atoms with Crippen molar-refractivity contribution >= 4 is 5.97 Å². The number of benzene rings is 1. The number of methoxy groups -OCH3 is 1. The third kappa shape index (κ3) is 7.95. The largest absolute Gasteiger partial charge is 0.506 e. The Bertz CT molecular complexity index is 936. The zero-order valence-electron chi connectivity index (χ0n) is 21.4. The van der Waals surface area contributed by atoms with Crippen LogP contribution in [0.5, 0.6) is 5.75 Å². The smallest absolute Gasteiger partial charge is 0.432 e. The molecule has 0 saturated carbocycles. The van der Waals surface area contributed by atoms with E-state index in [4.69, 9.17) is 9.47 Å². The number of halogens is 3. The minimum absolute atomic E-state index is 0.178. The number of hydrogen-bond donors (Lipinski definition) is 1. The maximum absolute atomic E-state index is 14.2. The minimum Gasteiger partial charge on any atom is -0.506 e. The van der Waals surface area contributed by atoms with Crippen LogP contribution in [0, 0.1) is 6.92 Å². The molecule has 2 aromatic rings. The molecule has 5 nitrogen and oxygen atoms in total. The summed E-state index contributed by atoms with van der Waals surface area (Å²) in [5.74, 6) is -1.24. The number of rotatable bonds is 15. The van der Waals surface area contributed by atoms with E-state index in [9.17, 15) is 23.1 Å². The lowest BCUT2D eigenvalue weighted by atomic mass is 9.92. The van der Waals surface area contributed by atoms with Crippen molar-refractivity contribution in [3.63, 3.8) is 0 Å². The lowest BCUT2D eigenvalue weighted by Gasteiger charge is -2.34. The molecule has 1 unspecified atom stereocenters. The van der Waals surface area contributed by atoms with Crippen molar-refractivity contribution in [1.29, 1.82) is 0 Å². The van der Waals surface area contributed by atoms with Crippen LogP contribution in [0.3, 0.4) is 0 Å². The molecule has 0 fully saturated rings. The summed E-state index contributed by atoms with van der Waals surface area (Å²) < 4.78 is 53.0. The van der Waals surface area contributed by atoms with Gasteiger partial charge in [0.05, 0.1) is 5.69 Å². The third-order valence-electron chi connectivity index (χ3n) is 6.40. The summed E-state index contributed by atoms with van der Waals surface area (Å²) in [5.41, 5.74) is -1.94. The van der Waals surface area contributed by atoms with E-state index in [-0.39, 0.29) is 11.3 Å². The Morgan fingerprint density at radius 1 is 0.972 bits per heavy atom. The van der Waals surface area contributed by atoms with Gasteiger partial charge in [0.15, 0.2) is 0 Å². The second kappa shape index (κ2) is 14.2. The lowest BCUT2D eigenvalue weighted by molar-refractivity contribution is -0.278. The molecule has 1 aromatic carbocycles. The first kappa shape index (κ1) is 29.6. The molecule has 2 atom stereocenters. The molecule has 0 saturated heterocycles. The molecule has 1 N–H and O–H groups in total. The number of alkyl halides is 3. The molecule has 36 heavy (non-hydrogen) atoms. The number of aryl methyl sites for hydroxylation is 2. The zero-order valence-corrected chi connectivity index (χ0v) is 21.4. The van der Waals surface area contributed by atoms with Gasteiger partial charge in [-0.2, -0.15) is 13.2 Å². The number of carbonyl (C=O) groups excluding carboxylic acids is 1. The molecule has 0 aliphatic rings. The molecular formula is C28H38F3NO4. The van der Waals surface area contributed by atoms with Gasteiger partial charge in [-0.15, -0.1) is 0 Å². The van der Waals surface area contributed by atoms with Gasteiger partial charge >= 0.3 is 12.1 Å². The maximum atomic E-state index is 14.2. The van der Waals surface area contributed by atoms with Crippen LogP contribution in [-0.4, -0.2) is 35.4 Å². The summed E-state index contributed by atoms with van der Waals surface area (Å²) >= 11 is 0. The van der Waals surface area contributed by atoms with Crippen molar-refractivity contribution in [2.45, 2.75) is 95.9 Å². The average Bonchev–Trinajstić information content (AvgIpc) is 2.84. The SMILES string of the molecule is CCCCCC(CCCCCCc1ccc(O)c(C)n1)OC(=O)[C@@](OC)(c1ccccc1)C(F)(F)F. The van der Waals surface area contributed by atoms with Gasteiger partial charge in [0.25, 0.3) is 5.60 Å². The minimum atomic E-state index is -4.98. The first-order valence-corrected chi connectivity index (χ1v) is 12.7. The quantitative estimate of drug-likeness (QED) is 0.203. The van der Waals surface area contributed by atoms with E-state index >= 15 is 0 Å². The number of carbonyl (C=O) groups is 1. The summed E-state index contributed by atoms with van der Waals surface area (Å²) in [6.45, 7) is 3.80. The summed E-state index contributed by atoms with van der Waals surface area (Å²) in [6.07, 6.45) is 2.31. The highest BCUT2D eigenvalue weighted by molar-refractivity contribution is 5.82. The number of hydrogen-bond acceptors (Lipinski definition) is 5. The Kier molecular flexibility index (Phi) is 11.7. The fraction of sp³-hybridized carbons (Fsp3) is 0.571. The molecule has 2 rings (SSSR count). The summed E-state index contributed by atoms with van der Waals surface area (Å²) in [5, 5.41) is 9.58. The van der Waals surface area contributed by atoms with Crippen LogP contribution < -0.4 is 0 Å². The third-order valence-corrected chi connectivity index (χ3v) is 6.40. The molecule has 0 aliphatic heterocycles. The molecule has 1 aromatic heterocycles. The van der Waals surface area contributed by atoms with Gasteiger partial charge in [-0.05, 0) is 57.6 Å². The van der Waals surface area contributed by atoms with E-state index in [0.29, 0.717) is 18.5 Å². The number of pyridine rings is 1. The van der Waals surface area contributed by atoms with Gasteiger partial charge in [0, 0.05) is 18.4 Å². The van der Waals surface area contributed by atoms with Crippen molar-refractivity contribution in [2.24, 2.45) is 0 Å². The topological polar surface area (TPSA) is 68.7 Å². The normalized spacial score (nSPS) is 14.3. The summed E-state index contributed by atoms with van der Waals surface area (Å²) in [6, 6.07) is 10.4. The summed E-state index contributed by atoms with van der Waals surface area (Å²) in [4.78, 5) is 17.4. The zero-order chi connectivity index (χ0) is 26.6. The van der Waals surface area contributed by atoms with Crippen molar-refractivity contribution in [3.8, 4) is 5.75 Å². The Hall–Kier alpha value is -2.61. The van der Waals surface area contributed by atoms with E-state index in [1.54, 1.807) is 25.1 Å². The van der Waals surface area contributed by atoms with Crippen molar-refractivity contribution in [2.75, 3.05) is 7.11 Å². The Morgan fingerprint density at radius 2 is 1.61 bits per heavy atom. The van der Waals surface area contributed by atoms with Gasteiger partial charge in [-0.1, -0.05) is 62.9 Å². The highest BCUT2D eigenvalue weighted by Crippen LogP contribution is 2.43. The van der Waals surface area contributed by atoms with Crippen molar-refractivity contribution in [1.82, 2.24) is 4.98 Å². The van der Waals surface area contributed by atoms with Gasteiger partial charge in [-0.25, -0.2) is 4.79 Å². The first-order chi connectivity index (χ1) is 17.2. The molecule has 0 radical (unpaired) electrons. The Balaban J connectivity index is 1.98. The molecule has 8 heteroatoms. The summed E-state index contributed by atoms with van der Waals surface area (Å²) in [7, 11) is 0.887. The van der Waals surface area contributed by atoms with Crippen LogP contribution >= 0.6 is 0 Å². The average molecular weight is 510 g/mol. The van der Waals surface area contributed by atoms with Crippen LogP contribution in [0.25, 0.3) is 0 Å². The van der Waals surface area contributed by atoms with Gasteiger partial charge in [0.1, 0.15) is 11.9 Å². The van der Waals surface area contributed by atoms with E-state index in [2.05, 4.69) is 4.98 Å². The second-order valence-corrected chi connectivity index (χ2v) is 9.13. The van der Waals surface area contributed by atoms with Crippen LogP contribution in [0.2, 0.25) is 0 Å². The standard InChI is InChI=1S/C28H38F3NO4/c1-4-5-9-17-24(18-13-7-6-12-16-23-19-20-25(33)21(2)32-23)36-26(34)27(35-3,28(29,30)31)22-14-10-8-11-15-22/h8,10-11,14-15,19-20,24,33H,4-7,9,12-13,16-18H2,1-3H3/t24?,27-/m0/s1. The van der Waals surface area contributed by atoms with E-state index in [1.807, 2.05) is 6.92 Å². The van der Waals surface area contributed by atoms with Gasteiger partial charge in [-0.3, -0.25) is 4.98 Å². The Labute approximate surface area is 212 Å². The van der Waals surface area contributed by atoms with Crippen LogP contribution in [0.15, 0.2) is 42.5 Å². The van der Waals surface area contributed by atoms with Crippen LogP contribution in [0.1, 0.15) is 81.7 Å². The van der Waals surface area contributed by atoms with Crippen molar-refractivity contribution < 1.29 is 32.5 Å². The van der Waals surface area contributed by atoms with Crippen LogP contribution in [0.4, 0.5) is 13.2 Å². The first-order valence-electron chi connectivity index (χ1n) is 12.7. The molecule has 1 heterocycles. The van der Waals surface area contributed by atoms with Gasteiger partial charge < -0.3 is 14.6 Å². The molecule has 0 amide bonds. The van der Waals surface area contributed by atoms with Gasteiger partial charge in [0.2, 0.25) is 0 Å². The second-order valence-electron chi connectivity index (χ2n) is 9.13. The maximum Gasteiger partial charge on any atom is 0.432 e. The molecule has 0 aliphatic carbocycles. The molecule has 200 valence electrons. The van der Waals surface area contributed by atoms with E-state index < -0.39 is 23.9 Å². The number of aromatic nitrogens is 1. The monoisotopic (exact) mass is 509 g/mol. The van der Waals surface area contributed by atoms with E-state index in [0.717, 1.165) is 64.2 Å². The molecule has 0 spiro atoms. The van der Waals surface area contributed by atoms with Crippen molar-refractivity contribution in [3.05, 3.63) is 59.4 Å². The predicted octanol–water partition coefficient (Wildman–Crippen LogP) is 7.18. The fourth-order valence-electron chi connectivity index (χ4n) is 4.28. The number of ether oxygens (including phenoxy) is 2. The van der Waals surface area contributed by atoms with E-state index in [1.165, 1.54) is 24.3 Å².